The minimum Gasteiger partial charge on any atom is -0.494 e. The molecule has 7 heteroatoms. The molecule has 0 heterocycles. The molecule has 0 aliphatic heterocycles. The van der Waals surface area contributed by atoms with Gasteiger partial charge in [0.05, 0.1) is 12.9 Å². The summed E-state index contributed by atoms with van der Waals surface area (Å²) in [6, 6.07) is 4.26. The van der Waals surface area contributed by atoms with Crippen molar-refractivity contribution >= 4 is 21.6 Å². The zero-order valence-corrected chi connectivity index (χ0v) is 12.6. The van der Waals surface area contributed by atoms with Crippen LogP contribution in [0.4, 0.5) is 4.39 Å². The lowest BCUT2D eigenvalue weighted by atomic mass is 10.1. The molecule has 1 unspecified atom stereocenters. The van der Waals surface area contributed by atoms with E-state index in [9.17, 15) is 12.8 Å². The Kier molecular flexibility index (Phi) is 6.09. The molecule has 0 saturated carbocycles. The summed E-state index contributed by atoms with van der Waals surface area (Å²) in [4.78, 5) is 0. The summed E-state index contributed by atoms with van der Waals surface area (Å²) >= 11 is 1.44. The predicted octanol–water partition coefficient (Wildman–Crippen LogP) is 1.61. The van der Waals surface area contributed by atoms with Gasteiger partial charge in [0, 0.05) is 23.8 Å². The maximum Gasteiger partial charge on any atom is 0.165 e. The third-order valence-electron chi connectivity index (χ3n) is 2.50. The molecule has 0 bridgehead atoms. The Morgan fingerprint density at radius 2 is 2.16 bits per heavy atom. The van der Waals surface area contributed by atoms with Gasteiger partial charge in [-0.2, -0.15) is 11.8 Å². The molecular formula is C12H18FNO3S2. The van der Waals surface area contributed by atoms with Crippen LogP contribution in [0.15, 0.2) is 18.2 Å². The van der Waals surface area contributed by atoms with Gasteiger partial charge < -0.3 is 10.5 Å². The Balaban J connectivity index is 2.49. The fourth-order valence-electron chi connectivity index (χ4n) is 1.43. The van der Waals surface area contributed by atoms with Gasteiger partial charge in [0.2, 0.25) is 0 Å². The third kappa shape index (κ3) is 5.80. The van der Waals surface area contributed by atoms with Gasteiger partial charge in [-0.25, -0.2) is 12.8 Å². The van der Waals surface area contributed by atoms with Crippen LogP contribution in [0.2, 0.25) is 0 Å². The van der Waals surface area contributed by atoms with Crippen LogP contribution in [0.25, 0.3) is 0 Å². The molecule has 0 aliphatic carbocycles. The Hall–Kier alpha value is -0.790. The summed E-state index contributed by atoms with van der Waals surface area (Å²) < 4.78 is 40.2. The topological polar surface area (TPSA) is 69.4 Å². The molecule has 0 radical (unpaired) electrons. The SMILES string of the molecule is COc1ccc(C(N)CSCCS(C)(=O)=O)cc1F. The summed E-state index contributed by atoms with van der Waals surface area (Å²) in [7, 11) is -1.54. The van der Waals surface area contributed by atoms with Crippen molar-refractivity contribution in [2.24, 2.45) is 5.73 Å². The summed E-state index contributed by atoms with van der Waals surface area (Å²) in [6.45, 7) is 0. The molecule has 19 heavy (non-hydrogen) atoms. The third-order valence-corrected chi connectivity index (χ3v) is 4.79. The van der Waals surface area contributed by atoms with Crippen LogP contribution in [0, 0.1) is 5.82 Å². The zero-order chi connectivity index (χ0) is 14.5. The van der Waals surface area contributed by atoms with Crippen molar-refractivity contribution in [3.05, 3.63) is 29.6 Å². The van der Waals surface area contributed by atoms with Crippen molar-refractivity contribution in [3.8, 4) is 5.75 Å². The lowest BCUT2D eigenvalue weighted by Gasteiger charge is -2.12. The van der Waals surface area contributed by atoms with Crippen LogP contribution in [0.1, 0.15) is 11.6 Å². The first-order valence-corrected chi connectivity index (χ1v) is 8.89. The molecule has 4 nitrogen and oxygen atoms in total. The molecule has 1 rings (SSSR count). The lowest BCUT2D eigenvalue weighted by Crippen LogP contribution is -2.15. The van der Waals surface area contributed by atoms with Crippen LogP contribution in [-0.2, 0) is 9.84 Å². The molecule has 0 amide bonds. The minimum absolute atomic E-state index is 0.126. The normalized spacial score (nSPS) is 13.3. The second kappa shape index (κ2) is 7.12. The van der Waals surface area contributed by atoms with Crippen molar-refractivity contribution < 1.29 is 17.5 Å². The molecule has 0 aliphatic rings. The number of hydrogen-bond acceptors (Lipinski definition) is 5. The fraction of sp³-hybridized carbons (Fsp3) is 0.500. The van der Waals surface area contributed by atoms with Crippen molar-refractivity contribution in [2.75, 3.05) is 30.6 Å². The van der Waals surface area contributed by atoms with Gasteiger partial charge in [0.25, 0.3) is 0 Å². The quantitative estimate of drug-likeness (QED) is 0.775. The van der Waals surface area contributed by atoms with Crippen LogP contribution in [0.3, 0.4) is 0 Å². The van der Waals surface area contributed by atoms with E-state index in [4.69, 9.17) is 10.5 Å². The van der Waals surface area contributed by atoms with E-state index in [-0.39, 0.29) is 17.5 Å². The molecule has 108 valence electrons. The number of methoxy groups -OCH3 is 1. The fourth-order valence-corrected chi connectivity index (χ4v) is 3.73. The van der Waals surface area contributed by atoms with E-state index in [0.29, 0.717) is 17.1 Å². The molecule has 0 aromatic heterocycles. The van der Waals surface area contributed by atoms with Crippen LogP contribution >= 0.6 is 11.8 Å². The van der Waals surface area contributed by atoms with Crippen molar-refractivity contribution in [2.45, 2.75) is 6.04 Å². The smallest absolute Gasteiger partial charge is 0.165 e. The number of rotatable bonds is 7. The molecule has 0 spiro atoms. The standard InChI is InChI=1S/C12H18FNO3S2/c1-17-12-4-3-9(7-10(12)13)11(14)8-18-5-6-19(2,15)16/h3-4,7,11H,5-6,8,14H2,1-2H3. The van der Waals surface area contributed by atoms with Gasteiger partial charge in [0.1, 0.15) is 9.84 Å². The highest BCUT2D eigenvalue weighted by atomic mass is 32.2. The maximum atomic E-state index is 13.5. The van der Waals surface area contributed by atoms with Crippen LogP contribution in [-0.4, -0.2) is 39.0 Å². The van der Waals surface area contributed by atoms with Crippen LogP contribution in [0.5, 0.6) is 5.75 Å². The number of hydrogen-bond donors (Lipinski definition) is 1. The minimum atomic E-state index is -2.94. The number of thioether (sulfide) groups is 1. The summed E-state index contributed by atoms with van der Waals surface area (Å²) in [5.74, 6) is 0.894. The molecule has 1 aromatic carbocycles. The van der Waals surface area contributed by atoms with Gasteiger partial charge in [0.15, 0.2) is 11.6 Å². The van der Waals surface area contributed by atoms with Crippen LogP contribution < -0.4 is 10.5 Å². The Morgan fingerprint density at radius 3 is 2.68 bits per heavy atom. The largest absolute Gasteiger partial charge is 0.494 e. The maximum absolute atomic E-state index is 13.5. The Morgan fingerprint density at radius 1 is 1.47 bits per heavy atom. The second-order valence-corrected chi connectivity index (χ2v) is 7.61. The first-order chi connectivity index (χ1) is 8.83. The molecule has 0 fully saturated rings. The highest BCUT2D eigenvalue weighted by Crippen LogP contribution is 2.22. The predicted molar refractivity (Wildman–Crippen MR) is 76.9 cm³/mol. The first-order valence-electron chi connectivity index (χ1n) is 5.68. The van der Waals surface area contributed by atoms with Gasteiger partial charge >= 0.3 is 0 Å². The van der Waals surface area contributed by atoms with E-state index < -0.39 is 15.7 Å². The van der Waals surface area contributed by atoms with Gasteiger partial charge in [-0.05, 0) is 17.7 Å². The number of sulfone groups is 1. The van der Waals surface area contributed by atoms with Gasteiger partial charge in [-0.3, -0.25) is 0 Å². The number of benzene rings is 1. The van der Waals surface area contributed by atoms with E-state index in [0.717, 1.165) is 0 Å². The van der Waals surface area contributed by atoms with E-state index in [2.05, 4.69) is 0 Å². The van der Waals surface area contributed by atoms with E-state index >= 15 is 0 Å². The second-order valence-electron chi connectivity index (χ2n) is 4.21. The molecule has 0 saturated heterocycles. The van der Waals surface area contributed by atoms with Crippen molar-refractivity contribution in [1.29, 1.82) is 0 Å². The Labute approximate surface area is 117 Å². The number of nitrogens with two attached hydrogens (primary N) is 1. The highest BCUT2D eigenvalue weighted by Gasteiger charge is 2.11. The lowest BCUT2D eigenvalue weighted by molar-refractivity contribution is 0.386. The summed E-state index contributed by atoms with van der Waals surface area (Å²) in [5.41, 5.74) is 6.60. The average molecular weight is 307 g/mol. The van der Waals surface area contributed by atoms with Gasteiger partial charge in [-0.15, -0.1) is 0 Å². The van der Waals surface area contributed by atoms with Crippen molar-refractivity contribution in [3.63, 3.8) is 0 Å². The Bertz CT molecular complexity index is 520. The molecular weight excluding hydrogens is 289 g/mol. The number of halogens is 1. The first kappa shape index (κ1) is 16.3. The van der Waals surface area contributed by atoms with E-state index in [1.54, 1.807) is 6.07 Å². The molecule has 1 atom stereocenters. The monoisotopic (exact) mass is 307 g/mol. The van der Waals surface area contributed by atoms with E-state index in [1.807, 2.05) is 0 Å². The van der Waals surface area contributed by atoms with Gasteiger partial charge in [-0.1, -0.05) is 6.07 Å². The zero-order valence-electron chi connectivity index (χ0n) is 10.9. The van der Waals surface area contributed by atoms with Crippen molar-refractivity contribution in [1.82, 2.24) is 0 Å². The average Bonchev–Trinajstić information content (AvgIpc) is 2.33. The molecule has 2 N–H and O–H groups in total. The summed E-state index contributed by atoms with van der Waals surface area (Å²) in [6.07, 6.45) is 1.20. The number of ether oxygens (including phenoxy) is 1. The summed E-state index contributed by atoms with van der Waals surface area (Å²) in [5, 5.41) is 0. The van der Waals surface area contributed by atoms with E-state index in [1.165, 1.54) is 37.3 Å². The molecule has 1 aromatic rings. The highest BCUT2D eigenvalue weighted by molar-refractivity contribution is 8.00.